The van der Waals surface area contributed by atoms with Crippen LogP contribution < -0.4 is 0 Å². The van der Waals surface area contributed by atoms with Gasteiger partial charge in [-0.3, -0.25) is 4.68 Å². The third-order valence-electron chi connectivity index (χ3n) is 4.27. The zero-order valence-corrected chi connectivity index (χ0v) is 12.0. The number of rotatable bonds is 6. The molecule has 4 heteroatoms. The lowest BCUT2D eigenvalue weighted by Crippen LogP contribution is -2.61. The first kappa shape index (κ1) is 13.6. The largest absolute Gasteiger partial charge is 0.378 e. The molecule has 0 N–H and O–H groups in total. The minimum Gasteiger partial charge on any atom is -0.378 e. The van der Waals surface area contributed by atoms with Gasteiger partial charge in [0.15, 0.2) is 0 Å². The Balaban J connectivity index is 1.82. The highest BCUT2D eigenvalue weighted by Gasteiger charge is 2.50. The summed E-state index contributed by atoms with van der Waals surface area (Å²) in [6, 6.07) is 2.59. The van der Waals surface area contributed by atoms with Gasteiger partial charge in [0.2, 0.25) is 0 Å². The van der Waals surface area contributed by atoms with Crippen molar-refractivity contribution in [2.75, 3.05) is 20.2 Å². The quantitative estimate of drug-likeness (QED) is 0.775. The average Bonchev–Trinajstić information content (AvgIpc) is 2.84. The van der Waals surface area contributed by atoms with Gasteiger partial charge >= 0.3 is 0 Å². The fraction of sp³-hybridized carbons (Fsp3) is 0.786. The van der Waals surface area contributed by atoms with E-state index in [1.807, 2.05) is 23.1 Å². The van der Waals surface area contributed by atoms with Gasteiger partial charge in [-0.05, 0) is 26.5 Å². The van der Waals surface area contributed by atoms with Crippen molar-refractivity contribution >= 4 is 0 Å². The van der Waals surface area contributed by atoms with Gasteiger partial charge in [-0.2, -0.15) is 5.10 Å². The Morgan fingerprint density at radius 2 is 2.28 bits per heavy atom. The lowest BCUT2D eigenvalue weighted by Gasteiger charge is -2.55. The summed E-state index contributed by atoms with van der Waals surface area (Å²) < 4.78 is 7.77. The van der Waals surface area contributed by atoms with Crippen molar-refractivity contribution in [3.05, 3.63) is 18.5 Å². The molecule has 0 spiro atoms. The zero-order chi connectivity index (χ0) is 13.2. The van der Waals surface area contributed by atoms with Crippen molar-refractivity contribution in [2.24, 2.45) is 5.41 Å². The fourth-order valence-corrected chi connectivity index (χ4v) is 2.95. The van der Waals surface area contributed by atoms with Gasteiger partial charge in [0, 0.05) is 37.0 Å². The highest BCUT2D eigenvalue weighted by Crippen LogP contribution is 2.45. The Morgan fingerprint density at radius 3 is 2.83 bits per heavy atom. The van der Waals surface area contributed by atoms with Crippen LogP contribution in [0.4, 0.5) is 0 Å². The van der Waals surface area contributed by atoms with Gasteiger partial charge in [-0.25, -0.2) is 0 Å². The maximum atomic E-state index is 5.78. The molecular formula is C14H25N3O. The predicted molar refractivity (Wildman–Crippen MR) is 72.5 cm³/mol. The molecule has 2 rings (SSSR count). The van der Waals surface area contributed by atoms with Gasteiger partial charge in [0.05, 0.1) is 12.6 Å². The fourth-order valence-electron chi connectivity index (χ4n) is 2.95. The minimum atomic E-state index is 0.259. The number of nitrogens with zero attached hydrogens (tertiary/aromatic N) is 3. The third kappa shape index (κ3) is 2.59. The van der Waals surface area contributed by atoms with Gasteiger partial charge in [0.25, 0.3) is 0 Å². The lowest BCUT2D eigenvalue weighted by molar-refractivity contribution is -0.145. The van der Waals surface area contributed by atoms with E-state index in [0.717, 1.165) is 26.1 Å². The number of ether oxygens (including phenoxy) is 1. The molecule has 1 aromatic heterocycles. The second-order valence-corrected chi connectivity index (χ2v) is 5.77. The molecule has 4 nitrogen and oxygen atoms in total. The topological polar surface area (TPSA) is 30.3 Å². The molecule has 1 saturated carbocycles. The molecule has 2 atom stereocenters. The second-order valence-electron chi connectivity index (χ2n) is 5.77. The van der Waals surface area contributed by atoms with E-state index in [2.05, 4.69) is 37.8 Å². The molecule has 0 amide bonds. The van der Waals surface area contributed by atoms with Crippen LogP contribution in [0, 0.1) is 5.41 Å². The Kier molecular flexibility index (Phi) is 4.07. The summed E-state index contributed by atoms with van der Waals surface area (Å²) >= 11 is 0. The maximum Gasteiger partial charge on any atom is 0.0655 e. The number of likely N-dealkylation sites (N-methyl/N-ethyl adjacent to an activating group) is 1. The SMILES string of the molecule is CCO[C@H]1C[C@@H](N(C)CCn2cccn2)C1(C)C. The summed E-state index contributed by atoms with van der Waals surface area (Å²) in [4.78, 5) is 2.44. The van der Waals surface area contributed by atoms with Crippen LogP contribution in [0.25, 0.3) is 0 Å². The van der Waals surface area contributed by atoms with Crippen molar-refractivity contribution in [2.45, 2.75) is 45.9 Å². The summed E-state index contributed by atoms with van der Waals surface area (Å²) in [5, 5.41) is 4.24. The monoisotopic (exact) mass is 251 g/mol. The van der Waals surface area contributed by atoms with Crippen molar-refractivity contribution in [1.82, 2.24) is 14.7 Å². The van der Waals surface area contributed by atoms with Crippen LogP contribution >= 0.6 is 0 Å². The van der Waals surface area contributed by atoms with Gasteiger partial charge < -0.3 is 9.64 Å². The van der Waals surface area contributed by atoms with E-state index in [1.54, 1.807) is 0 Å². The van der Waals surface area contributed by atoms with Crippen LogP contribution in [0.5, 0.6) is 0 Å². The molecule has 0 bridgehead atoms. The summed E-state index contributed by atoms with van der Waals surface area (Å²) in [6.45, 7) is 9.50. The molecule has 18 heavy (non-hydrogen) atoms. The van der Waals surface area contributed by atoms with Crippen molar-refractivity contribution in [3.63, 3.8) is 0 Å². The third-order valence-corrected chi connectivity index (χ3v) is 4.27. The molecule has 0 unspecified atom stereocenters. The van der Waals surface area contributed by atoms with E-state index in [1.165, 1.54) is 0 Å². The Morgan fingerprint density at radius 1 is 1.50 bits per heavy atom. The van der Waals surface area contributed by atoms with E-state index in [4.69, 9.17) is 4.74 Å². The Labute approximate surface area is 110 Å². The second kappa shape index (κ2) is 5.41. The molecule has 1 fully saturated rings. The van der Waals surface area contributed by atoms with Crippen LogP contribution in [-0.2, 0) is 11.3 Å². The molecular weight excluding hydrogens is 226 g/mol. The zero-order valence-electron chi connectivity index (χ0n) is 12.0. The van der Waals surface area contributed by atoms with Crippen LogP contribution in [0.15, 0.2) is 18.5 Å². The lowest BCUT2D eigenvalue weighted by atomic mass is 9.64. The summed E-state index contributed by atoms with van der Waals surface area (Å²) in [7, 11) is 2.21. The smallest absolute Gasteiger partial charge is 0.0655 e. The molecule has 102 valence electrons. The van der Waals surface area contributed by atoms with E-state index >= 15 is 0 Å². The first-order valence-electron chi connectivity index (χ1n) is 6.85. The normalized spacial score (nSPS) is 26.3. The van der Waals surface area contributed by atoms with E-state index < -0.39 is 0 Å². The molecule has 1 aliphatic carbocycles. The molecule has 0 aromatic carbocycles. The molecule has 0 aliphatic heterocycles. The van der Waals surface area contributed by atoms with Crippen molar-refractivity contribution in [3.8, 4) is 0 Å². The highest BCUT2D eigenvalue weighted by molar-refractivity contribution is 5.03. The van der Waals surface area contributed by atoms with Crippen LogP contribution in [0.1, 0.15) is 27.2 Å². The summed E-state index contributed by atoms with van der Waals surface area (Å²) in [6.07, 6.45) is 5.41. The molecule has 1 aliphatic rings. The number of hydrogen-bond donors (Lipinski definition) is 0. The van der Waals surface area contributed by atoms with E-state index in [0.29, 0.717) is 12.1 Å². The van der Waals surface area contributed by atoms with E-state index in [-0.39, 0.29) is 5.41 Å². The van der Waals surface area contributed by atoms with Crippen molar-refractivity contribution < 1.29 is 4.74 Å². The average molecular weight is 251 g/mol. The van der Waals surface area contributed by atoms with Gasteiger partial charge in [-0.1, -0.05) is 13.8 Å². The first-order valence-corrected chi connectivity index (χ1v) is 6.85. The predicted octanol–water partition coefficient (Wildman–Crippen LogP) is 2.02. The molecule has 0 radical (unpaired) electrons. The van der Waals surface area contributed by atoms with Crippen molar-refractivity contribution in [1.29, 1.82) is 0 Å². The standard InChI is InChI=1S/C14H25N3O/c1-5-18-13-11-12(14(13,2)3)16(4)9-10-17-8-6-7-15-17/h6-8,12-13H,5,9-11H2,1-4H3/t12-,13+/m1/s1. The molecule has 0 saturated heterocycles. The number of hydrogen-bond acceptors (Lipinski definition) is 3. The molecule has 1 heterocycles. The Bertz CT molecular complexity index is 361. The van der Waals surface area contributed by atoms with Crippen LogP contribution in [-0.4, -0.2) is 47.0 Å². The van der Waals surface area contributed by atoms with Crippen LogP contribution in [0.2, 0.25) is 0 Å². The summed E-state index contributed by atoms with van der Waals surface area (Å²) in [5.41, 5.74) is 0.259. The van der Waals surface area contributed by atoms with Gasteiger partial charge in [-0.15, -0.1) is 0 Å². The first-order chi connectivity index (χ1) is 8.55. The molecule has 1 aromatic rings. The summed E-state index contributed by atoms with van der Waals surface area (Å²) in [5.74, 6) is 0. The maximum absolute atomic E-state index is 5.78. The minimum absolute atomic E-state index is 0.259. The highest BCUT2D eigenvalue weighted by atomic mass is 16.5. The van der Waals surface area contributed by atoms with Gasteiger partial charge in [0.1, 0.15) is 0 Å². The van der Waals surface area contributed by atoms with Crippen LogP contribution in [0.3, 0.4) is 0 Å². The number of aromatic nitrogens is 2. The Hall–Kier alpha value is -0.870. The van der Waals surface area contributed by atoms with E-state index in [9.17, 15) is 0 Å².